The number of aliphatic hydroxyl groups is 1. The highest BCUT2D eigenvalue weighted by Gasteiger charge is 2.21. The minimum atomic E-state index is -1.01. The molecule has 1 N–H and O–H groups in total. The molecule has 0 aromatic heterocycles. The van der Waals surface area contributed by atoms with Crippen LogP contribution in [0.2, 0.25) is 0 Å². The van der Waals surface area contributed by atoms with Crippen LogP contribution in [0.3, 0.4) is 0 Å². The SMILES string of the molecule is CCOc1ccc(/C=C(/C#N)C(=O)N(C)CC(C)(C)O)cc1. The van der Waals surface area contributed by atoms with E-state index in [1.165, 1.54) is 11.0 Å². The molecule has 1 rings (SSSR count). The molecule has 0 saturated carbocycles. The molecule has 0 spiro atoms. The molecule has 0 aliphatic carbocycles. The third kappa shape index (κ3) is 5.58. The Hall–Kier alpha value is -2.32. The average Bonchev–Trinajstić information content (AvgIpc) is 2.44. The van der Waals surface area contributed by atoms with Gasteiger partial charge in [-0.2, -0.15) is 5.26 Å². The van der Waals surface area contributed by atoms with Crippen molar-refractivity contribution in [2.24, 2.45) is 0 Å². The monoisotopic (exact) mass is 302 g/mol. The van der Waals surface area contributed by atoms with Crippen LogP contribution >= 0.6 is 0 Å². The molecule has 0 saturated heterocycles. The van der Waals surface area contributed by atoms with Crippen molar-refractivity contribution in [3.8, 4) is 11.8 Å². The van der Waals surface area contributed by atoms with Gasteiger partial charge in [-0.25, -0.2) is 0 Å². The quantitative estimate of drug-likeness (QED) is 0.646. The third-order valence-electron chi connectivity index (χ3n) is 2.82. The molecule has 5 heteroatoms. The van der Waals surface area contributed by atoms with Crippen LogP contribution in [0.25, 0.3) is 6.08 Å². The van der Waals surface area contributed by atoms with E-state index < -0.39 is 11.5 Å². The Morgan fingerprint density at radius 3 is 2.45 bits per heavy atom. The second-order valence-electron chi connectivity index (χ2n) is 5.65. The molecule has 0 unspecified atom stereocenters. The summed E-state index contributed by atoms with van der Waals surface area (Å²) in [5.74, 6) is 0.321. The van der Waals surface area contributed by atoms with Gasteiger partial charge in [0.05, 0.1) is 12.2 Å². The summed E-state index contributed by atoms with van der Waals surface area (Å²) in [6.45, 7) is 5.85. The van der Waals surface area contributed by atoms with Gasteiger partial charge in [-0.3, -0.25) is 4.79 Å². The fourth-order valence-electron chi connectivity index (χ4n) is 1.99. The molecule has 1 amide bonds. The minimum Gasteiger partial charge on any atom is -0.494 e. The van der Waals surface area contributed by atoms with Crippen LogP contribution in [-0.2, 0) is 4.79 Å². The van der Waals surface area contributed by atoms with Gasteiger partial charge in [0.15, 0.2) is 0 Å². The summed E-state index contributed by atoms with van der Waals surface area (Å²) in [6, 6.07) is 9.05. The lowest BCUT2D eigenvalue weighted by Crippen LogP contribution is -2.40. The van der Waals surface area contributed by atoms with Crippen LogP contribution in [0.15, 0.2) is 29.8 Å². The number of likely N-dealkylation sites (N-methyl/N-ethyl adjacent to an activating group) is 1. The number of benzene rings is 1. The van der Waals surface area contributed by atoms with E-state index in [4.69, 9.17) is 4.74 Å². The summed E-state index contributed by atoms with van der Waals surface area (Å²) in [7, 11) is 1.56. The molecule has 0 heterocycles. The highest BCUT2D eigenvalue weighted by molar-refractivity contribution is 6.01. The van der Waals surface area contributed by atoms with Crippen molar-refractivity contribution >= 4 is 12.0 Å². The highest BCUT2D eigenvalue weighted by atomic mass is 16.5. The third-order valence-corrected chi connectivity index (χ3v) is 2.82. The maximum absolute atomic E-state index is 12.2. The topological polar surface area (TPSA) is 73.6 Å². The van der Waals surface area contributed by atoms with Crippen molar-refractivity contribution in [2.45, 2.75) is 26.4 Å². The molecule has 0 fully saturated rings. The van der Waals surface area contributed by atoms with Crippen molar-refractivity contribution in [1.82, 2.24) is 4.90 Å². The van der Waals surface area contributed by atoms with Gasteiger partial charge in [0, 0.05) is 13.6 Å². The minimum absolute atomic E-state index is 0.0240. The lowest BCUT2D eigenvalue weighted by molar-refractivity contribution is -0.128. The number of nitriles is 1. The molecule has 22 heavy (non-hydrogen) atoms. The van der Waals surface area contributed by atoms with Crippen molar-refractivity contribution in [3.05, 3.63) is 35.4 Å². The summed E-state index contributed by atoms with van der Waals surface area (Å²) in [5.41, 5.74) is -0.245. The lowest BCUT2D eigenvalue weighted by atomic mass is 10.1. The predicted octanol–water partition coefficient (Wildman–Crippen LogP) is 2.22. The van der Waals surface area contributed by atoms with Gasteiger partial charge in [0.1, 0.15) is 17.4 Å². The zero-order valence-corrected chi connectivity index (χ0v) is 13.5. The first-order chi connectivity index (χ1) is 10.3. The van der Waals surface area contributed by atoms with E-state index in [0.29, 0.717) is 6.61 Å². The van der Waals surface area contributed by atoms with Crippen LogP contribution in [0, 0.1) is 11.3 Å². The number of ether oxygens (including phenoxy) is 1. The van der Waals surface area contributed by atoms with Crippen LogP contribution in [-0.4, -0.2) is 41.7 Å². The summed E-state index contributed by atoms with van der Waals surface area (Å²) < 4.78 is 5.34. The van der Waals surface area contributed by atoms with E-state index in [0.717, 1.165) is 11.3 Å². The van der Waals surface area contributed by atoms with Gasteiger partial charge >= 0.3 is 0 Å². The van der Waals surface area contributed by atoms with E-state index >= 15 is 0 Å². The molecule has 0 aliphatic rings. The summed E-state index contributed by atoms with van der Waals surface area (Å²) in [6.07, 6.45) is 1.53. The van der Waals surface area contributed by atoms with Gasteiger partial charge in [0.2, 0.25) is 0 Å². The Morgan fingerprint density at radius 1 is 1.41 bits per heavy atom. The number of hydrogen-bond acceptors (Lipinski definition) is 4. The molecule has 0 bridgehead atoms. The van der Waals surface area contributed by atoms with Gasteiger partial charge in [-0.15, -0.1) is 0 Å². The zero-order chi connectivity index (χ0) is 16.8. The van der Waals surface area contributed by atoms with Crippen LogP contribution in [0.4, 0.5) is 0 Å². The van der Waals surface area contributed by atoms with E-state index in [2.05, 4.69) is 0 Å². The number of amides is 1. The lowest BCUT2D eigenvalue weighted by Gasteiger charge is -2.25. The molecule has 0 atom stereocenters. The molecular formula is C17H22N2O3. The Balaban J connectivity index is 2.90. The Labute approximate surface area is 131 Å². The van der Waals surface area contributed by atoms with Crippen LogP contribution in [0.5, 0.6) is 5.75 Å². The summed E-state index contributed by atoms with van der Waals surface area (Å²) >= 11 is 0. The van der Waals surface area contributed by atoms with Crippen LogP contribution in [0.1, 0.15) is 26.3 Å². The van der Waals surface area contributed by atoms with Gasteiger partial charge in [0.25, 0.3) is 5.91 Å². The average molecular weight is 302 g/mol. The van der Waals surface area contributed by atoms with Crippen LogP contribution < -0.4 is 4.74 Å². The number of nitrogens with zero attached hydrogens (tertiary/aromatic N) is 2. The Bertz CT molecular complexity index is 577. The van der Waals surface area contributed by atoms with Crippen molar-refractivity contribution in [3.63, 3.8) is 0 Å². The molecule has 1 aromatic rings. The van der Waals surface area contributed by atoms with E-state index in [9.17, 15) is 15.2 Å². The molecular weight excluding hydrogens is 280 g/mol. The predicted molar refractivity (Wildman–Crippen MR) is 85.1 cm³/mol. The fraction of sp³-hybridized carbons (Fsp3) is 0.412. The van der Waals surface area contributed by atoms with E-state index in [-0.39, 0.29) is 12.1 Å². The van der Waals surface area contributed by atoms with E-state index in [1.54, 1.807) is 45.2 Å². The first-order valence-corrected chi connectivity index (χ1v) is 7.09. The van der Waals surface area contributed by atoms with Crippen molar-refractivity contribution in [1.29, 1.82) is 5.26 Å². The molecule has 1 aromatic carbocycles. The Kier molecular flexibility index (Phi) is 6.14. The molecule has 118 valence electrons. The second-order valence-corrected chi connectivity index (χ2v) is 5.65. The standard InChI is InChI=1S/C17H22N2O3/c1-5-22-15-8-6-13(7-9-15)10-14(11-18)16(20)19(4)12-17(2,3)21/h6-10,21H,5,12H2,1-4H3/b14-10-. The largest absolute Gasteiger partial charge is 0.494 e. The molecule has 5 nitrogen and oxygen atoms in total. The normalized spacial score (nSPS) is 11.7. The fourth-order valence-corrected chi connectivity index (χ4v) is 1.99. The maximum atomic E-state index is 12.2. The number of rotatable bonds is 6. The van der Waals surface area contributed by atoms with Gasteiger partial charge < -0.3 is 14.7 Å². The van der Waals surface area contributed by atoms with Gasteiger partial charge in [-0.05, 0) is 44.5 Å². The summed E-state index contributed by atoms with van der Waals surface area (Å²) in [4.78, 5) is 13.6. The van der Waals surface area contributed by atoms with Crippen molar-refractivity contribution < 1.29 is 14.6 Å². The highest BCUT2D eigenvalue weighted by Crippen LogP contribution is 2.15. The molecule has 0 radical (unpaired) electrons. The Morgan fingerprint density at radius 2 is 2.00 bits per heavy atom. The second kappa shape index (κ2) is 7.62. The first kappa shape index (κ1) is 17.7. The number of carbonyl (C=O) groups is 1. The maximum Gasteiger partial charge on any atom is 0.264 e. The van der Waals surface area contributed by atoms with E-state index in [1.807, 2.05) is 13.0 Å². The van der Waals surface area contributed by atoms with Gasteiger partial charge in [-0.1, -0.05) is 12.1 Å². The van der Waals surface area contributed by atoms with Crippen molar-refractivity contribution in [2.75, 3.05) is 20.2 Å². The number of hydrogen-bond donors (Lipinski definition) is 1. The summed E-state index contributed by atoms with van der Waals surface area (Å²) in [5, 5.41) is 18.9. The first-order valence-electron chi connectivity index (χ1n) is 7.09. The molecule has 0 aliphatic heterocycles. The zero-order valence-electron chi connectivity index (χ0n) is 13.5. The number of carbonyl (C=O) groups excluding carboxylic acids is 1. The smallest absolute Gasteiger partial charge is 0.264 e.